The number of thiophene rings is 1. The van der Waals surface area contributed by atoms with Gasteiger partial charge >= 0.3 is 0 Å². The zero-order valence-corrected chi connectivity index (χ0v) is 18.3. The fourth-order valence-electron chi connectivity index (χ4n) is 3.13. The van der Waals surface area contributed by atoms with Crippen LogP contribution in [0.2, 0.25) is 0 Å². The third kappa shape index (κ3) is 8.58. The summed E-state index contributed by atoms with van der Waals surface area (Å²) in [6.07, 6.45) is 4.20. The SMILES string of the molecule is COCCCN1CCC(NC(=NCC(=O)N(C)C)NCCc2cccs2)CC1. The Labute approximate surface area is 173 Å². The number of hydrogen-bond acceptors (Lipinski definition) is 5. The first-order valence-corrected chi connectivity index (χ1v) is 10.9. The standard InChI is InChI=1S/C20H35N5O2S/c1-24(2)19(26)16-22-20(21-10-7-18-6-4-15-28-18)23-17-8-12-25(13-9-17)11-5-14-27-3/h4,6,15,17H,5,7-14,16H2,1-3H3,(H2,21,22,23). The van der Waals surface area contributed by atoms with E-state index in [0.29, 0.717) is 6.04 Å². The van der Waals surface area contributed by atoms with E-state index < -0.39 is 0 Å². The third-order valence-electron chi connectivity index (χ3n) is 4.87. The van der Waals surface area contributed by atoms with Crippen molar-refractivity contribution in [3.8, 4) is 0 Å². The molecule has 1 aromatic rings. The van der Waals surface area contributed by atoms with Crippen LogP contribution in [0.4, 0.5) is 0 Å². The molecule has 1 saturated heterocycles. The minimum absolute atomic E-state index is 0.00678. The van der Waals surface area contributed by atoms with Gasteiger partial charge in [-0.25, -0.2) is 4.99 Å². The molecular formula is C20H35N5O2S. The number of carbonyl (C=O) groups is 1. The number of likely N-dealkylation sites (tertiary alicyclic amines) is 1. The van der Waals surface area contributed by atoms with Crippen molar-refractivity contribution < 1.29 is 9.53 Å². The Hall–Kier alpha value is -1.64. The van der Waals surface area contributed by atoms with Gasteiger partial charge in [0.15, 0.2) is 5.96 Å². The Bertz CT molecular complexity index is 583. The molecule has 0 aliphatic carbocycles. The van der Waals surface area contributed by atoms with Crippen LogP contribution in [-0.4, -0.2) is 88.2 Å². The summed E-state index contributed by atoms with van der Waals surface area (Å²) in [6, 6.07) is 4.61. The molecule has 0 atom stereocenters. The van der Waals surface area contributed by atoms with Crippen molar-refractivity contribution in [2.75, 3.05) is 60.5 Å². The third-order valence-corrected chi connectivity index (χ3v) is 5.80. The lowest BCUT2D eigenvalue weighted by molar-refractivity contribution is -0.127. The Balaban J connectivity index is 1.81. The number of rotatable bonds is 10. The van der Waals surface area contributed by atoms with Gasteiger partial charge in [-0.3, -0.25) is 4.79 Å². The van der Waals surface area contributed by atoms with Crippen LogP contribution in [0, 0.1) is 0 Å². The lowest BCUT2D eigenvalue weighted by Crippen LogP contribution is -2.49. The topological polar surface area (TPSA) is 69.2 Å². The molecule has 0 unspecified atom stereocenters. The van der Waals surface area contributed by atoms with Gasteiger partial charge in [-0.15, -0.1) is 11.3 Å². The number of ether oxygens (including phenoxy) is 1. The van der Waals surface area contributed by atoms with Crippen LogP contribution in [0.1, 0.15) is 24.1 Å². The number of nitrogens with zero attached hydrogens (tertiary/aromatic N) is 3. The van der Waals surface area contributed by atoms with Gasteiger partial charge in [0.2, 0.25) is 5.91 Å². The molecule has 2 N–H and O–H groups in total. The van der Waals surface area contributed by atoms with Gasteiger partial charge < -0.3 is 25.2 Å². The number of carbonyl (C=O) groups excluding carboxylic acids is 1. The Morgan fingerprint density at radius 1 is 1.39 bits per heavy atom. The normalized spacial score (nSPS) is 16.2. The molecule has 1 aliphatic heterocycles. The summed E-state index contributed by atoms with van der Waals surface area (Å²) in [7, 11) is 5.27. The largest absolute Gasteiger partial charge is 0.385 e. The van der Waals surface area contributed by atoms with Crippen molar-refractivity contribution in [1.82, 2.24) is 20.4 Å². The van der Waals surface area contributed by atoms with E-state index in [1.54, 1.807) is 37.4 Å². The van der Waals surface area contributed by atoms with Crippen LogP contribution in [0.25, 0.3) is 0 Å². The smallest absolute Gasteiger partial charge is 0.243 e. The summed E-state index contributed by atoms with van der Waals surface area (Å²) in [6.45, 7) is 5.05. The van der Waals surface area contributed by atoms with Crippen LogP contribution in [0.15, 0.2) is 22.5 Å². The molecule has 1 aliphatic rings. The second-order valence-corrected chi connectivity index (χ2v) is 8.35. The number of hydrogen-bond donors (Lipinski definition) is 2. The van der Waals surface area contributed by atoms with Crippen LogP contribution in [0.3, 0.4) is 0 Å². The second kappa shape index (κ2) is 12.7. The molecule has 0 radical (unpaired) electrons. The Kier molecular flexibility index (Phi) is 10.3. The van der Waals surface area contributed by atoms with Crippen molar-refractivity contribution in [3.05, 3.63) is 22.4 Å². The zero-order chi connectivity index (χ0) is 20.2. The molecule has 0 saturated carbocycles. The molecule has 7 nitrogen and oxygen atoms in total. The lowest BCUT2D eigenvalue weighted by Gasteiger charge is -2.33. The summed E-state index contributed by atoms with van der Waals surface area (Å²) in [5.41, 5.74) is 0. The highest BCUT2D eigenvalue weighted by atomic mass is 32.1. The number of amides is 1. The highest BCUT2D eigenvalue weighted by Crippen LogP contribution is 2.11. The van der Waals surface area contributed by atoms with Gasteiger partial charge in [0.25, 0.3) is 0 Å². The van der Waals surface area contributed by atoms with E-state index in [1.807, 2.05) is 0 Å². The van der Waals surface area contributed by atoms with Gasteiger partial charge in [0, 0.05) is 64.9 Å². The van der Waals surface area contributed by atoms with Gasteiger partial charge in [-0.1, -0.05) is 6.07 Å². The van der Waals surface area contributed by atoms with E-state index in [0.717, 1.165) is 64.4 Å². The van der Waals surface area contributed by atoms with E-state index in [4.69, 9.17) is 4.74 Å². The van der Waals surface area contributed by atoms with Gasteiger partial charge in [-0.2, -0.15) is 0 Å². The maximum atomic E-state index is 11.9. The monoisotopic (exact) mass is 409 g/mol. The molecule has 1 amide bonds. The first-order chi connectivity index (χ1) is 13.6. The minimum Gasteiger partial charge on any atom is -0.385 e. The summed E-state index contributed by atoms with van der Waals surface area (Å²) in [5, 5.41) is 9.03. The summed E-state index contributed by atoms with van der Waals surface area (Å²) < 4.78 is 5.14. The Morgan fingerprint density at radius 3 is 2.82 bits per heavy atom. The van der Waals surface area contributed by atoms with Crippen molar-refractivity contribution in [2.45, 2.75) is 31.7 Å². The first-order valence-electron chi connectivity index (χ1n) is 10.1. The van der Waals surface area contributed by atoms with Crippen LogP contribution >= 0.6 is 11.3 Å². The summed E-state index contributed by atoms with van der Waals surface area (Å²) in [4.78, 5) is 21.8. The highest BCUT2D eigenvalue weighted by Gasteiger charge is 2.20. The molecule has 1 fully saturated rings. The zero-order valence-electron chi connectivity index (χ0n) is 17.4. The maximum absolute atomic E-state index is 11.9. The van der Waals surface area contributed by atoms with E-state index >= 15 is 0 Å². The molecule has 0 aromatic carbocycles. The predicted molar refractivity (Wildman–Crippen MR) is 116 cm³/mol. The molecule has 2 heterocycles. The lowest BCUT2D eigenvalue weighted by atomic mass is 10.1. The van der Waals surface area contributed by atoms with Crippen molar-refractivity contribution in [1.29, 1.82) is 0 Å². The molecule has 8 heteroatoms. The molecule has 28 heavy (non-hydrogen) atoms. The predicted octanol–water partition coefficient (Wildman–Crippen LogP) is 1.41. The number of methoxy groups -OCH3 is 1. The number of guanidine groups is 1. The van der Waals surface area contributed by atoms with Crippen LogP contribution in [0.5, 0.6) is 0 Å². The number of nitrogens with one attached hydrogen (secondary N) is 2. The average Bonchev–Trinajstić information content (AvgIpc) is 3.20. The highest BCUT2D eigenvalue weighted by molar-refractivity contribution is 7.09. The van der Waals surface area contributed by atoms with E-state index in [-0.39, 0.29) is 12.5 Å². The quantitative estimate of drug-likeness (QED) is 0.347. The Morgan fingerprint density at radius 2 is 2.18 bits per heavy atom. The molecule has 0 spiro atoms. The molecular weight excluding hydrogens is 374 g/mol. The second-order valence-electron chi connectivity index (χ2n) is 7.32. The number of piperidine rings is 1. The molecule has 0 bridgehead atoms. The first kappa shape index (κ1) is 22.6. The van der Waals surface area contributed by atoms with Crippen LogP contribution < -0.4 is 10.6 Å². The minimum atomic E-state index is 0.00678. The molecule has 1 aromatic heterocycles. The van der Waals surface area contributed by atoms with Gasteiger partial charge in [0.05, 0.1) is 0 Å². The van der Waals surface area contributed by atoms with Crippen LogP contribution in [-0.2, 0) is 16.0 Å². The van der Waals surface area contributed by atoms with E-state index in [2.05, 4.69) is 38.0 Å². The van der Waals surface area contributed by atoms with E-state index in [1.165, 1.54) is 4.88 Å². The fraction of sp³-hybridized carbons (Fsp3) is 0.700. The van der Waals surface area contributed by atoms with E-state index in [9.17, 15) is 4.79 Å². The van der Waals surface area contributed by atoms with Crippen molar-refractivity contribution in [3.63, 3.8) is 0 Å². The summed E-state index contributed by atoms with van der Waals surface area (Å²) >= 11 is 1.77. The van der Waals surface area contributed by atoms with Gasteiger partial charge in [-0.05, 0) is 37.1 Å². The van der Waals surface area contributed by atoms with Gasteiger partial charge in [0.1, 0.15) is 6.54 Å². The molecule has 158 valence electrons. The number of aliphatic imine (C=N–C) groups is 1. The summed E-state index contributed by atoms with van der Waals surface area (Å²) in [5.74, 6) is 0.747. The maximum Gasteiger partial charge on any atom is 0.243 e. The van der Waals surface area contributed by atoms with Crippen molar-refractivity contribution in [2.24, 2.45) is 4.99 Å². The number of likely N-dealkylation sites (N-methyl/N-ethyl adjacent to an activating group) is 1. The van der Waals surface area contributed by atoms with Crippen molar-refractivity contribution >= 4 is 23.2 Å². The fourth-order valence-corrected chi connectivity index (χ4v) is 3.84. The molecule has 2 rings (SSSR count). The average molecular weight is 410 g/mol.